The molecular formula is C23H43NO5. The predicted octanol–water partition coefficient (Wildman–Crippen LogP) is 5.32. The highest BCUT2D eigenvalue weighted by Crippen LogP contribution is 2.16. The van der Waals surface area contributed by atoms with Crippen molar-refractivity contribution < 1.29 is 24.6 Å². The average molecular weight is 414 g/mol. The van der Waals surface area contributed by atoms with Crippen molar-refractivity contribution in [1.29, 1.82) is 0 Å². The van der Waals surface area contributed by atoms with Crippen molar-refractivity contribution in [2.24, 2.45) is 11.7 Å². The number of carbonyl (C=O) groups is 3. The van der Waals surface area contributed by atoms with Gasteiger partial charge < -0.3 is 15.9 Å². The van der Waals surface area contributed by atoms with Crippen molar-refractivity contribution in [3.05, 3.63) is 0 Å². The molecule has 4 N–H and O–H groups in total. The fourth-order valence-electron chi connectivity index (χ4n) is 3.57. The molecular weight excluding hydrogens is 370 g/mol. The lowest BCUT2D eigenvalue weighted by molar-refractivity contribution is -0.147. The van der Waals surface area contributed by atoms with Gasteiger partial charge in [0, 0.05) is 6.42 Å². The highest BCUT2D eigenvalue weighted by Gasteiger charge is 2.29. The van der Waals surface area contributed by atoms with E-state index in [-0.39, 0.29) is 12.8 Å². The van der Waals surface area contributed by atoms with Crippen LogP contribution in [0.5, 0.6) is 0 Å². The van der Waals surface area contributed by atoms with Crippen molar-refractivity contribution in [3.8, 4) is 0 Å². The van der Waals surface area contributed by atoms with E-state index in [0.717, 1.165) is 19.3 Å². The zero-order chi connectivity index (χ0) is 21.9. The van der Waals surface area contributed by atoms with Gasteiger partial charge in [0.25, 0.3) is 0 Å². The van der Waals surface area contributed by atoms with Crippen molar-refractivity contribution in [2.45, 2.75) is 122 Å². The number of nitrogens with two attached hydrogens (primary N) is 1. The molecule has 170 valence electrons. The maximum atomic E-state index is 12.0. The van der Waals surface area contributed by atoms with Gasteiger partial charge in [0.05, 0.1) is 0 Å². The third kappa shape index (κ3) is 16.1. The van der Waals surface area contributed by atoms with Crippen LogP contribution in [0.15, 0.2) is 0 Å². The predicted molar refractivity (Wildman–Crippen MR) is 116 cm³/mol. The Balaban J connectivity index is 3.58. The number of carbonyl (C=O) groups excluding carboxylic acids is 1. The summed E-state index contributed by atoms with van der Waals surface area (Å²) in [5.41, 5.74) is 5.36. The van der Waals surface area contributed by atoms with E-state index in [9.17, 15) is 14.4 Å². The van der Waals surface area contributed by atoms with E-state index in [1.807, 2.05) is 0 Å². The van der Waals surface area contributed by atoms with Gasteiger partial charge in [-0.1, -0.05) is 96.8 Å². The fourth-order valence-corrected chi connectivity index (χ4v) is 3.57. The molecule has 0 saturated heterocycles. The Hall–Kier alpha value is -1.43. The minimum Gasteiger partial charge on any atom is -0.481 e. The van der Waals surface area contributed by atoms with Crippen molar-refractivity contribution in [3.63, 3.8) is 0 Å². The van der Waals surface area contributed by atoms with Gasteiger partial charge in [-0.05, 0) is 12.8 Å². The van der Waals surface area contributed by atoms with E-state index in [4.69, 9.17) is 15.9 Å². The highest BCUT2D eigenvalue weighted by atomic mass is 16.4. The third-order valence-corrected chi connectivity index (χ3v) is 5.52. The van der Waals surface area contributed by atoms with Gasteiger partial charge >= 0.3 is 11.9 Å². The topological polar surface area (TPSA) is 118 Å². The lowest BCUT2D eigenvalue weighted by Gasteiger charge is -2.13. The number of hydrogen-bond acceptors (Lipinski definition) is 4. The molecule has 2 atom stereocenters. The largest absolute Gasteiger partial charge is 0.481 e. The lowest BCUT2D eigenvalue weighted by atomic mass is 9.92. The molecule has 6 heteroatoms. The van der Waals surface area contributed by atoms with E-state index in [1.54, 1.807) is 0 Å². The minimum absolute atomic E-state index is 0.182. The average Bonchev–Trinajstić information content (AvgIpc) is 2.68. The normalized spacial score (nSPS) is 13.2. The molecule has 0 aromatic carbocycles. The molecule has 0 aliphatic rings. The van der Waals surface area contributed by atoms with Crippen LogP contribution in [0.3, 0.4) is 0 Å². The van der Waals surface area contributed by atoms with Crippen LogP contribution < -0.4 is 5.73 Å². The summed E-state index contributed by atoms with van der Waals surface area (Å²) in [7, 11) is 0. The van der Waals surface area contributed by atoms with Gasteiger partial charge in [0.2, 0.25) is 0 Å². The molecule has 0 rings (SSSR count). The molecule has 6 nitrogen and oxygen atoms in total. The second-order valence-corrected chi connectivity index (χ2v) is 8.24. The second-order valence-electron chi connectivity index (χ2n) is 8.24. The molecule has 0 amide bonds. The first-order chi connectivity index (χ1) is 13.9. The van der Waals surface area contributed by atoms with Gasteiger partial charge in [-0.25, -0.2) is 0 Å². The Morgan fingerprint density at radius 3 is 1.38 bits per heavy atom. The number of Topliss-reactive ketones (excluding diaryl/α,β-unsaturated/α-hetero) is 1. The van der Waals surface area contributed by atoms with Crippen molar-refractivity contribution in [1.82, 2.24) is 0 Å². The zero-order valence-corrected chi connectivity index (χ0v) is 18.4. The molecule has 0 aromatic heterocycles. The van der Waals surface area contributed by atoms with Crippen LogP contribution in [0.1, 0.15) is 116 Å². The Labute approximate surface area is 176 Å². The molecule has 0 aliphatic carbocycles. The fraction of sp³-hybridized carbons (Fsp3) is 0.870. The number of hydrogen-bond donors (Lipinski definition) is 3. The number of rotatable bonds is 21. The number of carboxylic acid groups (broad SMARTS) is 2. The smallest absolute Gasteiger partial charge is 0.320 e. The molecule has 1 unspecified atom stereocenters. The Morgan fingerprint density at radius 1 is 0.655 bits per heavy atom. The van der Waals surface area contributed by atoms with Gasteiger partial charge in [0.15, 0.2) is 0 Å². The van der Waals surface area contributed by atoms with E-state index < -0.39 is 29.7 Å². The van der Waals surface area contributed by atoms with Gasteiger partial charge in [-0.3, -0.25) is 14.4 Å². The van der Waals surface area contributed by atoms with Gasteiger partial charge in [0.1, 0.15) is 17.7 Å². The molecule has 0 heterocycles. The molecule has 0 saturated carbocycles. The zero-order valence-electron chi connectivity index (χ0n) is 18.4. The molecule has 0 aliphatic heterocycles. The molecule has 0 fully saturated rings. The van der Waals surface area contributed by atoms with Crippen LogP contribution in [0.25, 0.3) is 0 Å². The minimum atomic E-state index is -1.32. The van der Waals surface area contributed by atoms with E-state index in [1.165, 1.54) is 70.6 Å². The number of aliphatic carboxylic acids is 2. The van der Waals surface area contributed by atoms with E-state index in [2.05, 4.69) is 6.92 Å². The lowest BCUT2D eigenvalue weighted by Crippen LogP contribution is -2.37. The first kappa shape index (κ1) is 27.6. The maximum Gasteiger partial charge on any atom is 0.320 e. The van der Waals surface area contributed by atoms with Crippen LogP contribution in [-0.2, 0) is 14.4 Å². The van der Waals surface area contributed by atoms with Gasteiger partial charge in [-0.2, -0.15) is 0 Å². The summed E-state index contributed by atoms with van der Waals surface area (Å²) in [6.07, 6.45) is 18.3. The number of unbranched alkanes of at least 4 members (excludes halogenated alkanes) is 14. The molecule has 0 aromatic rings. The number of ketones is 1. The molecule has 0 radical (unpaired) electrons. The first-order valence-corrected chi connectivity index (χ1v) is 11.6. The van der Waals surface area contributed by atoms with Crippen LogP contribution in [-0.4, -0.2) is 34.0 Å². The highest BCUT2D eigenvalue weighted by molar-refractivity contribution is 5.98. The quantitative estimate of drug-likeness (QED) is 0.173. The van der Waals surface area contributed by atoms with Crippen LogP contribution in [0.4, 0.5) is 0 Å². The summed E-state index contributed by atoms with van der Waals surface area (Å²) in [6, 6.07) is -1.32. The standard InChI is InChI=1S/C23H43NO5/c1-2-3-4-5-6-7-8-9-10-11-12-13-14-15-16-17-21(25)19(22(26)27)18-20(24)23(28)29/h19-20H,2-18,24H2,1H3,(H,26,27)(H,28,29)/t19?,20-/m0/s1. The van der Waals surface area contributed by atoms with Crippen LogP contribution in [0.2, 0.25) is 0 Å². The Morgan fingerprint density at radius 2 is 1.03 bits per heavy atom. The summed E-state index contributed by atoms with van der Waals surface area (Å²) in [6.45, 7) is 2.25. The summed E-state index contributed by atoms with van der Waals surface area (Å²) < 4.78 is 0. The first-order valence-electron chi connectivity index (χ1n) is 11.6. The Bertz CT molecular complexity index is 453. The van der Waals surface area contributed by atoms with Gasteiger partial charge in [-0.15, -0.1) is 0 Å². The molecule has 29 heavy (non-hydrogen) atoms. The van der Waals surface area contributed by atoms with Crippen LogP contribution in [0, 0.1) is 5.92 Å². The summed E-state index contributed by atoms with van der Waals surface area (Å²) >= 11 is 0. The summed E-state index contributed by atoms with van der Waals surface area (Å²) in [4.78, 5) is 34.0. The molecule has 0 bridgehead atoms. The Kier molecular flexibility index (Phi) is 17.7. The third-order valence-electron chi connectivity index (χ3n) is 5.52. The van der Waals surface area contributed by atoms with E-state index >= 15 is 0 Å². The maximum absolute atomic E-state index is 12.0. The molecule has 0 spiro atoms. The summed E-state index contributed by atoms with van der Waals surface area (Å²) in [5, 5.41) is 17.9. The van der Waals surface area contributed by atoms with Crippen molar-refractivity contribution >= 4 is 17.7 Å². The number of carboxylic acids is 2. The van der Waals surface area contributed by atoms with Crippen molar-refractivity contribution in [2.75, 3.05) is 0 Å². The second kappa shape index (κ2) is 18.6. The van der Waals surface area contributed by atoms with Crippen LogP contribution >= 0.6 is 0 Å². The monoisotopic (exact) mass is 413 g/mol. The van der Waals surface area contributed by atoms with E-state index in [0.29, 0.717) is 6.42 Å². The SMILES string of the molecule is CCCCCCCCCCCCCCCCCC(=O)C(C[C@H](N)C(=O)O)C(=O)O. The summed E-state index contributed by atoms with van der Waals surface area (Å²) in [5.74, 6) is -4.29.